The van der Waals surface area contributed by atoms with Crippen molar-refractivity contribution >= 4 is 28.9 Å². The third-order valence-electron chi connectivity index (χ3n) is 3.01. The molecule has 2 amide bonds. The average Bonchev–Trinajstić information content (AvgIpc) is 2.40. The fourth-order valence-corrected chi connectivity index (χ4v) is 1.83. The predicted octanol–water partition coefficient (Wildman–Crippen LogP) is 1.91. The fraction of sp³-hybridized carbons (Fsp3) is 0.286. The molecule has 0 aliphatic rings. The molecule has 110 valence electrons. The van der Waals surface area contributed by atoms with Gasteiger partial charge in [-0.2, -0.15) is 0 Å². The van der Waals surface area contributed by atoms with Crippen molar-refractivity contribution in [1.82, 2.24) is 9.97 Å². The smallest absolute Gasteiger partial charge is 0.412 e. The SMILES string of the molecule is CCOC(=O)Nc1nc2cc(C)c(C)cc2nc1C(N)=O. The van der Waals surface area contributed by atoms with Crippen LogP contribution in [0.15, 0.2) is 12.1 Å². The number of nitrogens with one attached hydrogen (secondary N) is 1. The second-order valence-electron chi connectivity index (χ2n) is 4.56. The molecule has 0 atom stereocenters. The molecule has 0 fully saturated rings. The van der Waals surface area contributed by atoms with Crippen molar-refractivity contribution in [2.24, 2.45) is 5.73 Å². The maximum absolute atomic E-state index is 11.5. The number of nitrogens with zero attached hydrogens (tertiary/aromatic N) is 2. The number of hydrogen-bond acceptors (Lipinski definition) is 5. The molecular weight excluding hydrogens is 272 g/mol. The molecule has 3 N–H and O–H groups in total. The molecule has 0 radical (unpaired) electrons. The number of fused-ring (bicyclic) bond motifs is 1. The number of primary amides is 1. The fourth-order valence-electron chi connectivity index (χ4n) is 1.83. The van der Waals surface area contributed by atoms with E-state index < -0.39 is 12.0 Å². The van der Waals surface area contributed by atoms with Gasteiger partial charge >= 0.3 is 6.09 Å². The average molecular weight is 288 g/mol. The van der Waals surface area contributed by atoms with Crippen LogP contribution in [-0.2, 0) is 4.74 Å². The van der Waals surface area contributed by atoms with Crippen LogP contribution in [0.3, 0.4) is 0 Å². The first-order valence-electron chi connectivity index (χ1n) is 6.45. The van der Waals surface area contributed by atoms with Crippen LogP contribution in [0, 0.1) is 13.8 Å². The summed E-state index contributed by atoms with van der Waals surface area (Å²) in [6, 6.07) is 3.65. The van der Waals surface area contributed by atoms with Crippen molar-refractivity contribution in [3.05, 3.63) is 29.0 Å². The predicted molar refractivity (Wildman–Crippen MR) is 78.2 cm³/mol. The van der Waals surface area contributed by atoms with Crippen molar-refractivity contribution in [2.45, 2.75) is 20.8 Å². The summed E-state index contributed by atoms with van der Waals surface area (Å²) in [6.45, 7) is 5.76. The van der Waals surface area contributed by atoms with Crippen LogP contribution in [0.2, 0.25) is 0 Å². The third kappa shape index (κ3) is 3.07. The standard InChI is InChI=1S/C14H16N4O3/c1-4-21-14(20)18-13-11(12(15)19)16-9-5-7(2)8(3)6-10(9)17-13/h5-6H,4H2,1-3H3,(H2,15,19)(H,17,18,20). The first kappa shape index (κ1) is 14.7. The Labute approximate surface area is 121 Å². The number of anilines is 1. The van der Waals surface area contributed by atoms with E-state index in [0.29, 0.717) is 11.0 Å². The lowest BCUT2D eigenvalue weighted by Crippen LogP contribution is -2.21. The van der Waals surface area contributed by atoms with E-state index in [1.807, 2.05) is 26.0 Å². The zero-order chi connectivity index (χ0) is 15.6. The number of ether oxygens (including phenoxy) is 1. The van der Waals surface area contributed by atoms with Crippen LogP contribution in [0.1, 0.15) is 28.5 Å². The molecule has 7 nitrogen and oxygen atoms in total. The number of benzene rings is 1. The van der Waals surface area contributed by atoms with Gasteiger partial charge in [-0.15, -0.1) is 0 Å². The van der Waals surface area contributed by atoms with Gasteiger partial charge in [0.2, 0.25) is 0 Å². The maximum atomic E-state index is 11.5. The highest BCUT2D eigenvalue weighted by Crippen LogP contribution is 2.20. The van der Waals surface area contributed by atoms with Gasteiger partial charge in [0, 0.05) is 0 Å². The Bertz CT molecular complexity index is 728. The van der Waals surface area contributed by atoms with Crippen molar-refractivity contribution in [3.63, 3.8) is 0 Å². The molecule has 21 heavy (non-hydrogen) atoms. The highest BCUT2D eigenvalue weighted by molar-refractivity contribution is 6.01. The van der Waals surface area contributed by atoms with Crippen molar-refractivity contribution in [2.75, 3.05) is 11.9 Å². The van der Waals surface area contributed by atoms with E-state index >= 15 is 0 Å². The van der Waals surface area contributed by atoms with Crippen LogP contribution in [0.5, 0.6) is 0 Å². The Morgan fingerprint density at radius 1 is 1.19 bits per heavy atom. The number of hydrogen-bond donors (Lipinski definition) is 2. The summed E-state index contributed by atoms with van der Waals surface area (Å²) in [7, 11) is 0. The van der Waals surface area contributed by atoms with E-state index in [2.05, 4.69) is 15.3 Å². The number of amides is 2. The first-order chi connectivity index (χ1) is 9.92. The molecule has 2 rings (SSSR count). The summed E-state index contributed by atoms with van der Waals surface area (Å²) >= 11 is 0. The second-order valence-corrected chi connectivity index (χ2v) is 4.56. The summed E-state index contributed by atoms with van der Waals surface area (Å²) in [6.07, 6.45) is -0.711. The van der Waals surface area contributed by atoms with Gasteiger partial charge in [0.25, 0.3) is 5.91 Å². The quantitative estimate of drug-likeness (QED) is 0.897. The minimum absolute atomic E-state index is 0.00305. The molecule has 0 aliphatic heterocycles. The van der Waals surface area contributed by atoms with Gasteiger partial charge in [-0.05, 0) is 44.0 Å². The van der Waals surface area contributed by atoms with Gasteiger partial charge in [0.1, 0.15) is 0 Å². The third-order valence-corrected chi connectivity index (χ3v) is 3.01. The topological polar surface area (TPSA) is 107 Å². The van der Waals surface area contributed by atoms with Crippen LogP contribution in [0.25, 0.3) is 11.0 Å². The number of aromatic nitrogens is 2. The van der Waals surface area contributed by atoms with Gasteiger partial charge < -0.3 is 10.5 Å². The molecule has 0 saturated carbocycles. The molecule has 0 aliphatic carbocycles. The van der Waals surface area contributed by atoms with Gasteiger partial charge in [-0.25, -0.2) is 14.8 Å². The van der Waals surface area contributed by atoms with Crippen molar-refractivity contribution < 1.29 is 14.3 Å². The molecule has 2 aromatic rings. The molecule has 1 aromatic heterocycles. The molecule has 0 spiro atoms. The van der Waals surface area contributed by atoms with Gasteiger partial charge in [-0.3, -0.25) is 10.1 Å². The molecule has 7 heteroatoms. The minimum Gasteiger partial charge on any atom is -0.450 e. The van der Waals surface area contributed by atoms with Gasteiger partial charge in [0.15, 0.2) is 11.5 Å². The van der Waals surface area contributed by atoms with Gasteiger partial charge in [0.05, 0.1) is 17.6 Å². The van der Waals surface area contributed by atoms with E-state index in [-0.39, 0.29) is 18.1 Å². The first-order valence-corrected chi connectivity index (χ1v) is 6.45. The summed E-state index contributed by atoms with van der Waals surface area (Å²) in [4.78, 5) is 31.4. The number of rotatable bonds is 3. The summed E-state index contributed by atoms with van der Waals surface area (Å²) in [5.74, 6) is -0.772. The van der Waals surface area contributed by atoms with Gasteiger partial charge in [-0.1, -0.05) is 0 Å². The second kappa shape index (κ2) is 5.74. The zero-order valence-corrected chi connectivity index (χ0v) is 12.1. The summed E-state index contributed by atoms with van der Waals surface area (Å²) in [5.41, 5.74) is 8.36. The van der Waals surface area contributed by atoms with E-state index in [1.54, 1.807) is 6.92 Å². The highest BCUT2D eigenvalue weighted by Gasteiger charge is 2.17. The van der Waals surface area contributed by atoms with Crippen LogP contribution >= 0.6 is 0 Å². The Kier molecular flexibility index (Phi) is 4.02. The summed E-state index contributed by atoms with van der Waals surface area (Å²) < 4.78 is 4.77. The lowest BCUT2D eigenvalue weighted by Gasteiger charge is -2.10. The van der Waals surface area contributed by atoms with E-state index in [9.17, 15) is 9.59 Å². The number of carbonyl (C=O) groups excluding carboxylic acids is 2. The Balaban J connectivity index is 2.56. The number of carbonyl (C=O) groups is 2. The molecule has 0 unspecified atom stereocenters. The Hall–Kier alpha value is -2.70. The Morgan fingerprint density at radius 3 is 2.29 bits per heavy atom. The van der Waals surface area contributed by atoms with E-state index in [0.717, 1.165) is 11.1 Å². The molecule has 1 heterocycles. The zero-order valence-electron chi connectivity index (χ0n) is 12.1. The molecule has 0 saturated heterocycles. The lowest BCUT2D eigenvalue weighted by molar-refractivity contribution is 0.0996. The number of aryl methyl sites for hydroxylation is 2. The van der Waals surface area contributed by atoms with Crippen molar-refractivity contribution in [1.29, 1.82) is 0 Å². The monoisotopic (exact) mass is 288 g/mol. The minimum atomic E-state index is -0.769. The number of nitrogens with two attached hydrogens (primary N) is 1. The molecule has 1 aromatic carbocycles. The summed E-state index contributed by atoms with van der Waals surface area (Å²) in [5, 5.41) is 2.38. The molecule has 0 bridgehead atoms. The van der Waals surface area contributed by atoms with Crippen LogP contribution < -0.4 is 11.1 Å². The largest absolute Gasteiger partial charge is 0.450 e. The normalized spacial score (nSPS) is 10.4. The van der Waals surface area contributed by atoms with Crippen molar-refractivity contribution in [3.8, 4) is 0 Å². The Morgan fingerprint density at radius 2 is 1.76 bits per heavy atom. The van der Waals surface area contributed by atoms with E-state index in [4.69, 9.17) is 10.5 Å². The highest BCUT2D eigenvalue weighted by atomic mass is 16.5. The maximum Gasteiger partial charge on any atom is 0.412 e. The molecular formula is C14H16N4O3. The lowest BCUT2D eigenvalue weighted by atomic mass is 10.1. The van der Waals surface area contributed by atoms with E-state index in [1.165, 1.54) is 0 Å². The van der Waals surface area contributed by atoms with Crippen LogP contribution in [0.4, 0.5) is 10.6 Å². The van der Waals surface area contributed by atoms with Crippen LogP contribution in [-0.4, -0.2) is 28.6 Å².